The molecule has 10 heavy (non-hydrogen) atoms. The highest BCUT2D eigenvalue weighted by Crippen LogP contribution is 2.41. The Hall–Kier alpha value is 0.890. The maximum absolute atomic E-state index is 5.99. The van der Waals surface area contributed by atoms with E-state index in [2.05, 4.69) is 11.8 Å². The van der Waals surface area contributed by atoms with Crippen molar-refractivity contribution < 1.29 is 0 Å². The van der Waals surface area contributed by atoms with Gasteiger partial charge < -0.3 is 0 Å². The fourth-order valence-corrected chi connectivity index (χ4v) is 2.81. The van der Waals surface area contributed by atoms with Gasteiger partial charge in [0.1, 0.15) is 0 Å². The van der Waals surface area contributed by atoms with Crippen LogP contribution in [0.1, 0.15) is 13.3 Å². The van der Waals surface area contributed by atoms with Gasteiger partial charge in [-0.15, -0.1) is 11.8 Å². The van der Waals surface area contributed by atoms with Gasteiger partial charge in [0.15, 0.2) is 0 Å². The Kier molecular flexibility index (Phi) is 3.17. The van der Waals surface area contributed by atoms with Crippen molar-refractivity contribution in [2.75, 3.05) is 18.8 Å². The number of hydrogen-bond acceptors (Lipinski definition) is 2. The van der Waals surface area contributed by atoms with Crippen molar-refractivity contribution in [2.45, 2.75) is 17.1 Å². The fraction of sp³-hybridized carbons (Fsp3) is 1.00. The third-order valence-corrected chi connectivity index (χ3v) is 3.83. The minimum atomic E-state index is -0.660. The quantitative estimate of drug-likeness (QED) is 0.472. The standard InChI is InChI=1S/C6H11Cl2NS/c1-2-9-4-3-5-10-6(9,7)8/h2-5H2,1H3. The molecule has 1 nitrogen and oxygen atoms in total. The largest absolute Gasteiger partial charge is 0.264 e. The summed E-state index contributed by atoms with van der Waals surface area (Å²) in [5.41, 5.74) is 0. The first-order valence-electron chi connectivity index (χ1n) is 3.43. The highest BCUT2D eigenvalue weighted by atomic mass is 35.5. The average molecular weight is 200 g/mol. The van der Waals surface area contributed by atoms with Crippen LogP contribution in [0.2, 0.25) is 0 Å². The summed E-state index contributed by atoms with van der Waals surface area (Å²) in [7, 11) is 0. The molecule has 0 aromatic rings. The minimum absolute atomic E-state index is 0.660. The Morgan fingerprint density at radius 1 is 1.60 bits per heavy atom. The average Bonchev–Trinajstić information content (AvgIpc) is 1.87. The highest BCUT2D eigenvalue weighted by molar-refractivity contribution is 8.03. The predicted octanol–water partition coefficient (Wildman–Crippen LogP) is 2.53. The Morgan fingerprint density at radius 3 is 2.70 bits per heavy atom. The van der Waals surface area contributed by atoms with Crippen LogP contribution in [-0.2, 0) is 0 Å². The number of thioether (sulfide) groups is 1. The van der Waals surface area contributed by atoms with Crippen LogP contribution in [0.5, 0.6) is 0 Å². The van der Waals surface area contributed by atoms with Crippen LogP contribution in [0.25, 0.3) is 0 Å². The van der Waals surface area contributed by atoms with Gasteiger partial charge in [-0.3, -0.25) is 4.90 Å². The summed E-state index contributed by atoms with van der Waals surface area (Å²) in [6, 6.07) is 0. The van der Waals surface area contributed by atoms with Crippen molar-refractivity contribution in [3.05, 3.63) is 0 Å². The van der Waals surface area contributed by atoms with E-state index in [1.165, 1.54) is 6.42 Å². The van der Waals surface area contributed by atoms with E-state index in [0.717, 1.165) is 18.8 Å². The molecular weight excluding hydrogens is 189 g/mol. The molecule has 0 aromatic carbocycles. The third-order valence-electron chi connectivity index (χ3n) is 1.60. The first-order chi connectivity index (χ1) is 4.67. The summed E-state index contributed by atoms with van der Waals surface area (Å²) in [4.78, 5) is 2.07. The van der Waals surface area contributed by atoms with Gasteiger partial charge in [-0.2, -0.15) is 0 Å². The van der Waals surface area contributed by atoms with Crippen molar-refractivity contribution in [3.8, 4) is 0 Å². The molecule has 0 unspecified atom stereocenters. The monoisotopic (exact) mass is 199 g/mol. The molecule has 0 bridgehead atoms. The van der Waals surface area contributed by atoms with E-state index in [-0.39, 0.29) is 0 Å². The molecular formula is C6H11Cl2NS. The number of halogens is 2. The van der Waals surface area contributed by atoms with Crippen LogP contribution >= 0.6 is 35.0 Å². The van der Waals surface area contributed by atoms with Crippen LogP contribution < -0.4 is 0 Å². The first kappa shape index (κ1) is 8.98. The number of nitrogens with zero attached hydrogens (tertiary/aromatic N) is 1. The van der Waals surface area contributed by atoms with Gasteiger partial charge in [-0.1, -0.05) is 30.1 Å². The van der Waals surface area contributed by atoms with Crippen molar-refractivity contribution in [1.29, 1.82) is 0 Å². The van der Waals surface area contributed by atoms with E-state index in [1.807, 2.05) is 0 Å². The van der Waals surface area contributed by atoms with Crippen molar-refractivity contribution in [2.24, 2.45) is 0 Å². The molecule has 0 saturated carbocycles. The maximum atomic E-state index is 5.99. The molecule has 0 aliphatic carbocycles. The van der Waals surface area contributed by atoms with Crippen LogP contribution in [0, 0.1) is 0 Å². The molecule has 60 valence electrons. The molecule has 1 saturated heterocycles. The molecule has 1 fully saturated rings. The lowest BCUT2D eigenvalue weighted by Gasteiger charge is -2.36. The van der Waals surface area contributed by atoms with Gasteiger partial charge in [-0.05, 0) is 18.7 Å². The second-order valence-corrected chi connectivity index (χ2v) is 5.29. The lowest BCUT2D eigenvalue weighted by atomic mass is 10.4. The van der Waals surface area contributed by atoms with Gasteiger partial charge in [0.25, 0.3) is 0 Å². The third kappa shape index (κ3) is 1.94. The van der Waals surface area contributed by atoms with Gasteiger partial charge in [0.2, 0.25) is 3.79 Å². The molecule has 1 rings (SSSR count). The Labute approximate surface area is 76.0 Å². The summed E-state index contributed by atoms with van der Waals surface area (Å²) < 4.78 is -0.660. The molecule has 0 amide bonds. The van der Waals surface area contributed by atoms with Gasteiger partial charge in [0, 0.05) is 6.54 Å². The van der Waals surface area contributed by atoms with Crippen molar-refractivity contribution in [3.63, 3.8) is 0 Å². The Bertz CT molecular complexity index is 118. The van der Waals surface area contributed by atoms with Gasteiger partial charge >= 0.3 is 0 Å². The SMILES string of the molecule is CCN1CCCSC1(Cl)Cl. The molecule has 0 radical (unpaired) electrons. The molecule has 1 aliphatic rings. The molecule has 1 aliphatic heterocycles. The molecule has 0 aromatic heterocycles. The van der Waals surface area contributed by atoms with Gasteiger partial charge in [0.05, 0.1) is 0 Å². The van der Waals surface area contributed by atoms with E-state index in [1.54, 1.807) is 11.8 Å². The Morgan fingerprint density at radius 2 is 2.30 bits per heavy atom. The fourth-order valence-electron chi connectivity index (χ4n) is 1.01. The number of rotatable bonds is 1. The van der Waals surface area contributed by atoms with E-state index in [4.69, 9.17) is 23.2 Å². The second kappa shape index (κ2) is 3.53. The number of alkyl halides is 2. The summed E-state index contributed by atoms with van der Waals surface area (Å²) >= 11 is 13.6. The van der Waals surface area contributed by atoms with E-state index >= 15 is 0 Å². The van der Waals surface area contributed by atoms with E-state index < -0.39 is 3.79 Å². The maximum Gasteiger partial charge on any atom is 0.219 e. The molecule has 0 N–H and O–H groups in total. The summed E-state index contributed by atoms with van der Waals surface area (Å²) in [6.07, 6.45) is 1.19. The topological polar surface area (TPSA) is 3.24 Å². The minimum Gasteiger partial charge on any atom is -0.264 e. The van der Waals surface area contributed by atoms with Crippen LogP contribution in [-0.4, -0.2) is 27.5 Å². The molecule has 0 atom stereocenters. The zero-order chi connectivity index (χ0) is 7.61. The van der Waals surface area contributed by atoms with Crippen LogP contribution in [0.3, 0.4) is 0 Å². The smallest absolute Gasteiger partial charge is 0.219 e. The normalized spacial score (nSPS) is 26.7. The lowest BCUT2D eigenvalue weighted by Crippen LogP contribution is -2.41. The molecule has 0 spiro atoms. The zero-order valence-electron chi connectivity index (χ0n) is 5.94. The summed E-state index contributed by atoms with van der Waals surface area (Å²) in [5.74, 6) is 1.07. The van der Waals surface area contributed by atoms with E-state index in [0.29, 0.717) is 0 Å². The summed E-state index contributed by atoms with van der Waals surface area (Å²) in [5, 5.41) is 0. The number of hydrogen-bond donors (Lipinski definition) is 0. The highest BCUT2D eigenvalue weighted by Gasteiger charge is 2.34. The first-order valence-corrected chi connectivity index (χ1v) is 5.18. The van der Waals surface area contributed by atoms with Crippen molar-refractivity contribution >= 4 is 35.0 Å². The zero-order valence-corrected chi connectivity index (χ0v) is 8.27. The summed E-state index contributed by atoms with van der Waals surface area (Å²) in [6.45, 7) is 4.03. The van der Waals surface area contributed by atoms with Crippen LogP contribution in [0.15, 0.2) is 0 Å². The second-order valence-electron chi connectivity index (χ2n) is 2.27. The molecule has 1 heterocycles. The van der Waals surface area contributed by atoms with Crippen LogP contribution in [0.4, 0.5) is 0 Å². The predicted molar refractivity (Wildman–Crippen MR) is 48.8 cm³/mol. The van der Waals surface area contributed by atoms with E-state index in [9.17, 15) is 0 Å². The van der Waals surface area contributed by atoms with Gasteiger partial charge in [-0.25, -0.2) is 0 Å². The lowest BCUT2D eigenvalue weighted by molar-refractivity contribution is 0.287. The Balaban J connectivity index is 2.51. The van der Waals surface area contributed by atoms with Crippen molar-refractivity contribution in [1.82, 2.24) is 4.90 Å². The molecule has 4 heteroatoms.